The molecule has 0 saturated carbocycles. The van der Waals surface area contributed by atoms with Gasteiger partial charge < -0.3 is 10.1 Å². The summed E-state index contributed by atoms with van der Waals surface area (Å²) in [4.78, 5) is 0. The van der Waals surface area contributed by atoms with E-state index in [0.29, 0.717) is 6.61 Å². The van der Waals surface area contributed by atoms with Crippen molar-refractivity contribution in [3.63, 3.8) is 0 Å². The van der Waals surface area contributed by atoms with Crippen LogP contribution in [0.1, 0.15) is 17.2 Å². The number of para-hydroxylation sites is 1. The molecule has 0 bridgehead atoms. The van der Waals surface area contributed by atoms with Crippen LogP contribution in [0.4, 0.5) is 4.39 Å². The first-order chi connectivity index (χ1) is 8.84. The third kappa shape index (κ3) is 2.09. The molecule has 0 radical (unpaired) electrons. The van der Waals surface area contributed by atoms with Gasteiger partial charge in [-0.25, -0.2) is 4.39 Å². The molecular weight excluding hydrogens is 229 g/mol. The number of halogens is 1. The Kier molecular flexibility index (Phi) is 2.99. The standard InChI is InChI=1S/C15H14FNO/c16-12-7-5-11(6-8-12)15-13-3-1-2-4-14(13)18-10-9-17-15/h1-8,15,17H,9-10H2/t15-/m0/s1. The monoisotopic (exact) mass is 243 g/mol. The molecule has 2 aromatic carbocycles. The second-order valence-electron chi connectivity index (χ2n) is 4.32. The Morgan fingerprint density at radius 1 is 1.06 bits per heavy atom. The van der Waals surface area contributed by atoms with Crippen LogP contribution < -0.4 is 10.1 Å². The molecule has 0 saturated heterocycles. The summed E-state index contributed by atoms with van der Waals surface area (Å²) in [7, 11) is 0. The van der Waals surface area contributed by atoms with E-state index >= 15 is 0 Å². The Balaban J connectivity index is 2.03. The van der Waals surface area contributed by atoms with Gasteiger partial charge in [0.05, 0.1) is 6.04 Å². The second kappa shape index (κ2) is 4.78. The fourth-order valence-corrected chi connectivity index (χ4v) is 2.28. The molecule has 1 aliphatic rings. The highest BCUT2D eigenvalue weighted by Gasteiger charge is 2.20. The fraction of sp³-hybridized carbons (Fsp3) is 0.200. The van der Waals surface area contributed by atoms with Crippen molar-refractivity contribution in [1.29, 1.82) is 0 Å². The highest BCUT2D eigenvalue weighted by atomic mass is 19.1. The summed E-state index contributed by atoms with van der Waals surface area (Å²) in [6, 6.07) is 14.6. The van der Waals surface area contributed by atoms with Crippen LogP contribution in [0.15, 0.2) is 48.5 Å². The largest absolute Gasteiger partial charge is 0.492 e. The van der Waals surface area contributed by atoms with Crippen LogP contribution in [0.2, 0.25) is 0 Å². The van der Waals surface area contributed by atoms with Gasteiger partial charge in [0, 0.05) is 12.1 Å². The molecule has 18 heavy (non-hydrogen) atoms. The molecule has 3 heteroatoms. The zero-order valence-corrected chi connectivity index (χ0v) is 9.90. The quantitative estimate of drug-likeness (QED) is 0.831. The van der Waals surface area contributed by atoms with Crippen molar-refractivity contribution in [2.24, 2.45) is 0 Å². The van der Waals surface area contributed by atoms with E-state index in [2.05, 4.69) is 5.32 Å². The number of hydrogen-bond donors (Lipinski definition) is 1. The van der Waals surface area contributed by atoms with Crippen LogP contribution in [0.5, 0.6) is 5.75 Å². The summed E-state index contributed by atoms with van der Waals surface area (Å²) in [5, 5.41) is 3.43. The van der Waals surface area contributed by atoms with Gasteiger partial charge in [0.15, 0.2) is 0 Å². The number of benzene rings is 2. The fourth-order valence-electron chi connectivity index (χ4n) is 2.28. The van der Waals surface area contributed by atoms with Gasteiger partial charge in [-0.1, -0.05) is 30.3 Å². The van der Waals surface area contributed by atoms with Crippen molar-refractivity contribution in [3.8, 4) is 5.75 Å². The first-order valence-corrected chi connectivity index (χ1v) is 6.05. The third-order valence-corrected chi connectivity index (χ3v) is 3.14. The maximum atomic E-state index is 13.0. The smallest absolute Gasteiger partial charge is 0.124 e. The maximum Gasteiger partial charge on any atom is 0.124 e. The average Bonchev–Trinajstić information content (AvgIpc) is 2.62. The van der Waals surface area contributed by atoms with Gasteiger partial charge in [-0.05, 0) is 23.8 Å². The van der Waals surface area contributed by atoms with E-state index in [0.717, 1.165) is 23.4 Å². The number of hydrogen-bond acceptors (Lipinski definition) is 2. The van der Waals surface area contributed by atoms with Crippen molar-refractivity contribution >= 4 is 0 Å². The van der Waals surface area contributed by atoms with Crippen LogP contribution in [0.3, 0.4) is 0 Å². The molecule has 2 nitrogen and oxygen atoms in total. The van der Waals surface area contributed by atoms with Gasteiger partial charge in [-0.15, -0.1) is 0 Å². The number of fused-ring (bicyclic) bond motifs is 1. The van der Waals surface area contributed by atoms with Crippen molar-refractivity contribution in [2.75, 3.05) is 13.2 Å². The summed E-state index contributed by atoms with van der Waals surface area (Å²) in [5.41, 5.74) is 2.15. The van der Waals surface area contributed by atoms with Crippen molar-refractivity contribution in [1.82, 2.24) is 5.32 Å². The molecule has 1 N–H and O–H groups in total. The molecule has 0 aliphatic carbocycles. The van der Waals surface area contributed by atoms with E-state index in [1.807, 2.05) is 36.4 Å². The van der Waals surface area contributed by atoms with Gasteiger partial charge >= 0.3 is 0 Å². The molecular formula is C15H14FNO. The van der Waals surface area contributed by atoms with Crippen molar-refractivity contribution in [3.05, 3.63) is 65.5 Å². The van der Waals surface area contributed by atoms with E-state index in [1.54, 1.807) is 0 Å². The van der Waals surface area contributed by atoms with E-state index < -0.39 is 0 Å². The van der Waals surface area contributed by atoms with E-state index in [9.17, 15) is 4.39 Å². The van der Waals surface area contributed by atoms with Gasteiger partial charge in [0.25, 0.3) is 0 Å². The lowest BCUT2D eigenvalue weighted by Gasteiger charge is -2.18. The predicted octanol–water partition coefficient (Wildman–Crippen LogP) is 2.90. The maximum absolute atomic E-state index is 13.0. The number of nitrogens with one attached hydrogen (secondary N) is 1. The topological polar surface area (TPSA) is 21.3 Å². The first-order valence-electron chi connectivity index (χ1n) is 6.05. The lowest BCUT2D eigenvalue weighted by molar-refractivity contribution is 0.325. The van der Waals surface area contributed by atoms with Crippen LogP contribution in [-0.2, 0) is 0 Å². The van der Waals surface area contributed by atoms with Gasteiger partial charge in [-0.3, -0.25) is 0 Å². The minimum atomic E-state index is -0.211. The Labute approximate surface area is 105 Å². The summed E-state index contributed by atoms with van der Waals surface area (Å²) in [6.45, 7) is 1.42. The van der Waals surface area contributed by atoms with Gasteiger partial charge in [0.2, 0.25) is 0 Å². The second-order valence-corrected chi connectivity index (χ2v) is 4.32. The summed E-state index contributed by atoms with van der Waals surface area (Å²) >= 11 is 0. The number of rotatable bonds is 1. The van der Waals surface area contributed by atoms with Crippen molar-refractivity contribution in [2.45, 2.75) is 6.04 Å². The molecule has 2 aromatic rings. The normalized spacial score (nSPS) is 18.6. The Hall–Kier alpha value is -1.87. The van der Waals surface area contributed by atoms with Crippen LogP contribution >= 0.6 is 0 Å². The molecule has 0 fully saturated rings. The summed E-state index contributed by atoms with van der Waals surface area (Å²) in [6.07, 6.45) is 0. The zero-order valence-electron chi connectivity index (χ0n) is 9.90. The highest BCUT2D eigenvalue weighted by Crippen LogP contribution is 2.31. The minimum Gasteiger partial charge on any atom is -0.492 e. The molecule has 0 aromatic heterocycles. The molecule has 1 atom stereocenters. The summed E-state index contributed by atoms with van der Waals surface area (Å²) < 4.78 is 18.7. The Morgan fingerprint density at radius 2 is 1.83 bits per heavy atom. The SMILES string of the molecule is Fc1ccc([C@@H]2NCCOc3ccccc32)cc1. The van der Waals surface area contributed by atoms with Gasteiger partial charge in [0.1, 0.15) is 18.2 Å². The van der Waals surface area contributed by atoms with E-state index in [4.69, 9.17) is 4.74 Å². The van der Waals surface area contributed by atoms with Gasteiger partial charge in [-0.2, -0.15) is 0 Å². The predicted molar refractivity (Wildman–Crippen MR) is 68.2 cm³/mol. The number of ether oxygens (including phenoxy) is 1. The molecule has 0 unspecified atom stereocenters. The van der Waals surface area contributed by atoms with Crippen LogP contribution in [0, 0.1) is 5.82 Å². The highest BCUT2D eigenvalue weighted by molar-refractivity contribution is 5.42. The van der Waals surface area contributed by atoms with E-state index in [-0.39, 0.29) is 11.9 Å². The minimum absolute atomic E-state index is 0.0595. The Bertz CT molecular complexity index is 538. The lowest BCUT2D eigenvalue weighted by Crippen LogP contribution is -2.23. The van der Waals surface area contributed by atoms with Crippen molar-refractivity contribution < 1.29 is 9.13 Å². The third-order valence-electron chi connectivity index (χ3n) is 3.14. The van der Waals surface area contributed by atoms with Crippen LogP contribution in [-0.4, -0.2) is 13.2 Å². The molecule has 3 rings (SSSR count). The molecule has 1 aliphatic heterocycles. The molecule has 92 valence electrons. The molecule has 1 heterocycles. The molecule has 0 amide bonds. The summed E-state index contributed by atoms with van der Waals surface area (Å²) in [5.74, 6) is 0.689. The first kappa shape index (κ1) is 11.2. The lowest BCUT2D eigenvalue weighted by atomic mass is 9.98. The zero-order chi connectivity index (χ0) is 12.4. The average molecular weight is 243 g/mol. The molecule has 0 spiro atoms. The van der Waals surface area contributed by atoms with E-state index in [1.165, 1.54) is 12.1 Å². The Morgan fingerprint density at radius 3 is 2.67 bits per heavy atom. The van der Waals surface area contributed by atoms with Crippen LogP contribution in [0.25, 0.3) is 0 Å².